The van der Waals surface area contributed by atoms with Gasteiger partial charge in [0.05, 0.1) is 48.7 Å². The van der Waals surface area contributed by atoms with Crippen molar-refractivity contribution in [1.82, 2.24) is 30.2 Å². The van der Waals surface area contributed by atoms with Crippen LogP contribution in [0.2, 0.25) is 10.0 Å². The van der Waals surface area contributed by atoms with E-state index in [1.54, 1.807) is 86.8 Å². The number of nitrogens with zero attached hydrogens (tertiary/aromatic N) is 4. The van der Waals surface area contributed by atoms with Crippen LogP contribution in [0.25, 0.3) is 0 Å². The number of benzene rings is 4. The molecule has 6 amide bonds. The predicted molar refractivity (Wildman–Crippen MR) is 260 cm³/mol. The van der Waals surface area contributed by atoms with Gasteiger partial charge in [-0.2, -0.15) is 0 Å². The van der Waals surface area contributed by atoms with E-state index < -0.39 is 30.0 Å². The number of fused-ring (bicyclic) bond motifs is 2. The van der Waals surface area contributed by atoms with Gasteiger partial charge in [-0.3, -0.25) is 28.8 Å². The Kier molecular flexibility index (Phi) is 19.5. The van der Waals surface area contributed by atoms with Gasteiger partial charge in [0.15, 0.2) is 0 Å². The van der Waals surface area contributed by atoms with Crippen molar-refractivity contribution in [2.24, 2.45) is 0 Å². The molecule has 0 spiro atoms. The van der Waals surface area contributed by atoms with Crippen LogP contribution >= 0.6 is 23.2 Å². The second kappa shape index (κ2) is 25.6. The fraction of sp³-hybridized carbons (Fsp3) is 0.412. The highest BCUT2D eigenvalue weighted by molar-refractivity contribution is 6.30. The van der Waals surface area contributed by atoms with Gasteiger partial charge in [0.1, 0.15) is 6.42 Å². The number of rotatable bonds is 24. The molecule has 0 unspecified atom stereocenters. The van der Waals surface area contributed by atoms with Gasteiger partial charge in [-0.15, -0.1) is 0 Å². The highest BCUT2D eigenvalue weighted by Gasteiger charge is 2.34. The molecule has 0 aromatic heterocycles. The zero-order valence-electron chi connectivity index (χ0n) is 39.6. The molecule has 0 fully saturated rings. The molecule has 2 aliphatic heterocycles. The smallest absolute Gasteiger partial charge is 0.254 e. The summed E-state index contributed by atoms with van der Waals surface area (Å²) in [5, 5.41) is 7.12. The molecule has 16 nitrogen and oxygen atoms in total. The van der Waals surface area contributed by atoms with Crippen LogP contribution in [-0.4, -0.2) is 149 Å². The minimum absolute atomic E-state index is 0.126. The van der Waals surface area contributed by atoms with Crippen LogP contribution in [0.4, 0.5) is 0 Å². The first kappa shape index (κ1) is 52.5. The van der Waals surface area contributed by atoms with E-state index in [-0.39, 0.29) is 113 Å². The Balaban J connectivity index is 1.18. The summed E-state index contributed by atoms with van der Waals surface area (Å²) in [6, 6.07) is 21.3. The number of hydrogen-bond acceptors (Lipinski definition) is 10. The number of amides is 6. The third-order valence-corrected chi connectivity index (χ3v) is 12.6. The first-order valence-electron chi connectivity index (χ1n) is 22.8. The number of halogens is 2. The van der Waals surface area contributed by atoms with Gasteiger partial charge >= 0.3 is 0 Å². The van der Waals surface area contributed by atoms with E-state index >= 15 is 0 Å². The molecule has 69 heavy (non-hydrogen) atoms. The van der Waals surface area contributed by atoms with Crippen LogP contribution in [0.3, 0.4) is 0 Å². The summed E-state index contributed by atoms with van der Waals surface area (Å²) in [6.07, 6.45) is 0.625. The summed E-state index contributed by atoms with van der Waals surface area (Å²) in [6.45, 7) is 3.24. The van der Waals surface area contributed by atoms with Crippen molar-refractivity contribution in [3.05, 3.63) is 138 Å². The minimum atomic E-state index is -0.445. The average Bonchev–Trinajstić information content (AvgIpc) is 3.98. The highest BCUT2D eigenvalue weighted by atomic mass is 35.5. The standard InChI is InChI=1S/C51H60Cl2N6O10/c1-66-21-17-56(18-22-67-2)50(64)44-27-38-32-58(30-36(38)25-42(44)48(62)54-15-13-34-5-9-40(52)10-6-34)46(60)29-47(61)59-31-37-26-43(49(63)55-16-14-35-7-11-41(53)12-8-35)45(28-39(37)33-59)51(65)57(19-23-68-3)20-24-69-4/h5-12,25-28H,13-24,29-33H2,1-4H3,(H,54,62)(H,55,63). The molecule has 0 radical (unpaired) electrons. The maximum atomic E-state index is 14.2. The lowest BCUT2D eigenvalue weighted by molar-refractivity contribution is -0.141. The Morgan fingerprint density at radius 3 is 1.10 bits per heavy atom. The molecule has 2 aliphatic rings. The van der Waals surface area contributed by atoms with Gasteiger partial charge in [-0.1, -0.05) is 47.5 Å². The van der Waals surface area contributed by atoms with Gasteiger partial charge in [-0.05, 0) is 94.8 Å². The first-order valence-corrected chi connectivity index (χ1v) is 23.6. The van der Waals surface area contributed by atoms with Crippen molar-refractivity contribution >= 4 is 58.6 Å². The lowest BCUT2D eigenvalue weighted by atomic mass is 9.98. The Morgan fingerprint density at radius 1 is 0.493 bits per heavy atom. The molecule has 4 aromatic rings. The van der Waals surface area contributed by atoms with Gasteiger partial charge in [0, 0.05) is 104 Å². The fourth-order valence-electron chi connectivity index (χ4n) is 8.25. The SMILES string of the molecule is COCCN(CCOC)C(=O)c1cc2c(cc1C(=O)NCCc1ccc(Cl)cc1)CN(C(=O)CC(=O)N1Cc3cc(C(=O)NCCc4ccc(Cl)cc4)c(C(=O)N(CCOC)CCOC)cc3C1)C2. The molecule has 2 N–H and O–H groups in total. The molecule has 368 valence electrons. The van der Waals surface area contributed by atoms with Crippen LogP contribution in [0, 0.1) is 0 Å². The lowest BCUT2D eigenvalue weighted by Gasteiger charge is -2.23. The summed E-state index contributed by atoms with van der Waals surface area (Å²) >= 11 is 12.1. The van der Waals surface area contributed by atoms with Crippen molar-refractivity contribution in [1.29, 1.82) is 0 Å². The lowest BCUT2D eigenvalue weighted by Crippen LogP contribution is -2.38. The molecular formula is C51H60Cl2N6O10. The topological polar surface area (TPSA) is 176 Å². The number of nitrogens with one attached hydrogen (secondary N) is 2. The van der Waals surface area contributed by atoms with Crippen molar-refractivity contribution in [2.75, 3.05) is 94.1 Å². The zero-order chi connectivity index (χ0) is 49.5. The van der Waals surface area contributed by atoms with Crippen LogP contribution in [-0.2, 0) is 67.6 Å². The van der Waals surface area contributed by atoms with E-state index in [4.69, 9.17) is 42.1 Å². The second-order valence-corrected chi connectivity index (χ2v) is 17.7. The molecule has 2 heterocycles. The molecule has 0 saturated heterocycles. The normalized spacial score (nSPS) is 12.7. The average molecular weight is 988 g/mol. The van der Waals surface area contributed by atoms with E-state index in [0.717, 1.165) is 11.1 Å². The Labute approximate surface area is 413 Å². The van der Waals surface area contributed by atoms with Gasteiger partial charge in [-0.25, -0.2) is 0 Å². The number of carbonyl (C=O) groups excluding carboxylic acids is 6. The monoisotopic (exact) mass is 986 g/mol. The number of methoxy groups -OCH3 is 4. The van der Waals surface area contributed by atoms with Gasteiger partial charge in [0.25, 0.3) is 23.6 Å². The Hall–Kier alpha value is -5.88. The van der Waals surface area contributed by atoms with Gasteiger partial charge in [0.2, 0.25) is 11.8 Å². The minimum Gasteiger partial charge on any atom is -0.383 e. The van der Waals surface area contributed by atoms with E-state index in [0.29, 0.717) is 58.2 Å². The van der Waals surface area contributed by atoms with Crippen LogP contribution < -0.4 is 10.6 Å². The van der Waals surface area contributed by atoms with Crippen LogP contribution in [0.1, 0.15) is 81.2 Å². The molecule has 0 bridgehead atoms. The third kappa shape index (κ3) is 14.1. The summed E-state index contributed by atoms with van der Waals surface area (Å²) in [5.74, 6) is -2.51. The van der Waals surface area contributed by atoms with Crippen molar-refractivity contribution < 1.29 is 47.7 Å². The van der Waals surface area contributed by atoms with Crippen molar-refractivity contribution in [3.63, 3.8) is 0 Å². The second-order valence-electron chi connectivity index (χ2n) is 16.8. The molecule has 6 rings (SSSR count). The Morgan fingerprint density at radius 2 is 0.797 bits per heavy atom. The number of hydrogen-bond donors (Lipinski definition) is 2. The number of ether oxygens (including phenoxy) is 4. The van der Waals surface area contributed by atoms with E-state index in [1.807, 2.05) is 24.3 Å². The maximum Gasteiger partial charge on any atom is 0.254 e. The molecule has 0 atom stereocenters. The van der Waals surface area contributed by atoms with Crippen molar-refractivity contribution in [2.45, 2.75) is 45.4 Å². The Bertz CT molecular complexity index is 2290. The molecular weight excluding hydrogens is 927 g/mol. The van der Waals surface area contributed by atoms with Crippen molar-refractivity contribution in [3.8, 4) is 0 Å². The molecule has 4 aromatic carbocycles. The zero-order valence-corrected chi connectivity index (χ0v) is 41.1. The highest BCUT2D eigenvalue weighted by Crippen LogP contribution is 2.31. The predicted octanol–water partition coefficient (Wildman–Crippen LogP) is 5.18. The van der Waals surface area contributed by atoms with E-state index in [1.165, 1.54) is 9.80 Å². The quantitative estimate of drug-likeness (QED) is 0.0891. The molecule has 0 aliphatic carbocycles. The van der Waals surface area contributed by atoms with E-state index in [2.05, 4.69) is 10.6 Å². The summed E-state index contributed by atoms with van der Waals surface area (Å²) in [5.41, 5.74) is 5.39. The molecule has 0 saturated carbocycles. The summed E-state index contributed by atoms with van der Waals surface area (Å²) < 4.78 is 21.1. The number of carbonyl (C=O) groups is 6. The van der Waals surface area contributed by atoms with Crippen LogP contribution in [0.5, 0.6) is 0 Å². The van der Waals surface area contributed by atoms with Gasteiger partial charge < -0.3 is 49.2 Å². The third-order valence-electron chi connectivity index (χ3n) is 12.1. The summed E-state index contributed by atoms with van der Waals surface area (Å²) in [7, 11) is 6.16. The largest absolute Gasteiger partial charge is 0.383 e. The first-order chi connectivity index (χ1) is 33.3. The molecule has 18 heteroatoms. The maximum absolute atomic E-state index is 14.2. The van der Waals surface area contributed by atoms with E-state index in [9.17, 15) is 28.8 Å². The fourth-order valence-corrected chi connectivity index (χ4v) is 8.50. The summed E-state index contributed by atoms with van der Waals surface area (Å²) in [4.78, 5) is 90.2. The van der Waals surface area contributed by atoms with Crippen LogP contribution in [0.15, 0.2) is 72.8 Å².